The lowest BCUT2D eigenvalue weighted by atomic mass is 10.1. The third kappa shape index (κ3) is 6.37. The molecule has 1 aliphatic heterocycles. The molecule has 26 heavy (non-hydrogen) atoms. The number of carbonyl (C=O) groups is 2. The van der Waals surface area contributed by atoms with Crippen molar-refractivity contribution in [3.8, 4) is 0 Å². The molecule has 0 spiro atoms. The first kappa shape index (κ1) is 20.9. The number of hydrogen-bond acceptors (Lipinski definition) is 5. The van der Waals surface area contributed by atoms with Crippen LogP contribution in [0.25, 0.3) is 0 Å². The van der Waals surface area contributed by atoms with Gasteiger partial charge in [0.1, 0.15) is 4.88 Å². The molecule has 1 aromatic rings. The molecule has 1 aliphatic rings. The molecule has 0 bridgehead atoms. The Morgan fingerprint density at radius 2 is 2.19 bits per heavy atom. The number of ether oxygens (including phenoxy) is 1. The van der Waals surface area contributed by atoms with Gasteiger partial charge in [0.05, 0.1) is 25.4 Å². The Labute approximate surface area is 158 Å². The summed E-state index contributed by atoms with van der Waals surface area (Å²) in [7, 11) is 0. The third-order valence-electron chi connectivity index (χ3n) is 4.72. The fraction of sp³-hybridized carbons (Fsp3) is 0.684. The van der Waals surface area contributed by atoms with Crippen LogP contribution in [0.2, 0.25) is 0 Å². The molecular weight excluding hydrogens is 354 g/mol. The summed E-state index contributed by atoms with van der Waals surface area (Å²) in [6.45, 7) is 3.51. The first-order valence-corrected chi connectivity index (χ1v) is 10.2. The number of thiophene rings is 1. The van der Waals surface area contributed by atoms with Crippen LogP contribution in [-0.4, -0.2) is 52.3 Å². The molecule has 7 heteroatoms. The number of aromatic carboxylic acids is 1. The predicted molar refractivity (Wildman–Crippen MR) is 100 cm³/mol. The van der Waals surface area contributed by atoms with E-state index in [0.717, 1.165) is 37.0 Å². The number of carboxylic acids is 1. The van der Waals surface area contributed by atoms with Crippen LogP contribution in [0.3, 0.4) is 0 Å². The molecule has 146 valence electrons. The van der Waals surface area contributed by atoms with E-state index in [2.05, 4.69) is 6.92 Å². The van der Waals surface area contributed by atoms with Crippen molar-refractivity contribution in [3.63, 3.8) is 0 Å². The lowest BCUT2D eigenvalue weighted by molar-refractivity contribution is -0.130. The van der Waals surface area contributed by atoms with Crippen molar-refractivity contribution in [2.75, 3.05) is 13.2 Å². The van der Waals surface area contributed by atoms with Crippen molar-refractivity contribution < 1.29 is 24.5 Å². The van der Waals surface area contributed by atoms with E-state index in [-0.39, 0.29) is 18.1 Å². The lowest BCUT2D eigenvalue weighted by Gasteiger charge is -2.25. The maximum Gasteiger partial charge on any atom is 0.345 e. The van der Waals surface area contributed by atoms with Gasteiger partial charge in [-0.15, -0.1) is 11.3 Å². The Morgan fingerprint density at radius 3 is 2.88 bits per heavy atom. The number of aliphatic hydroxyl groups excluding tert-OH is 1. The summed E-state index contributed by atoms with van der Waals surface area (Å²) in [5.41, 5.74) is 0. The van der Waals surface area contributed by atoms with Crippen molar-refractivity contribution in [2.45, 2.75) is 70.6 Å². The Morgan fingerprint density at radius 1 is 1.38 bits per heavy atom. The Kier molecular flexibility index (Phi) is 8.54. The van der Waals surface area contributed by atoms with E-state index in [1.165, 1.54) is 11.3 Å². The molecule has 1 amide bonds. The molecule has 6 nitrogen and oxygen atoms in total. The van der Waals surface area contributed by atoms with Gasteiger partial charge in [0, 0.05) is 17.8 Å². The molecule has 2 N–H and O–H groups in total. The van der Waals surface area contributed by atoms with Gasteiger partial charge < -0.3 is 19.8 Å². The zero-order valence-corrected chi connectivity index (χ0v) is 16.2. The van der Waals surface area contributed by atoms with Crippen LogP contribution in [0.1, 0.15) is 66.4 Å². The van der Waals surface area contributed by atoms with Gasteiger partial charge in [-0.3, -0.25) is 4.79 Å². The van der Waals surface area contributed by atoms with Crippen molar-refractivity contribution in [1.82, 2.24) is 4.90 Å². The molecule has 0 radical (unpaired) electrons. The van der Waals surface area contributed by atoms with E-state index >= 15 is 0 Å². The maximum atomic E-state index is 12.1. The van der Waals surface area contributed by atoms with Crippen LogP contribution in [0.5, 0.6) is 0 Å². The van der Waals surface area contributed by atoms with Gasteiger partial charge in [0.2, 0.25) is 5.91 Å². The van der Waals surface area contributed by atoms with Crippen LogP contribution in [0.15, 0.2) is 12.1 Å². The second-order valence-electron chi connectivity index (χ2n) is 6.80. The van der Waals surface area contributed by atoms with Crippen LogP contribution >= 0.6 is 11.3 Å². The van der Waals surface area contributed by atoms with Gasteiger partial charge >= 0.3 is 5.97 Å². The topological polar surface area (TPSA) is 87.1 Å². The summed E-state index contributed by atoms with van der Waals surface area (Å²) in [5.74, 6) is -0.796. The number of hydrogen-bond donors (Lipinski definition) is 2. The summed E-state index contributed by atoms with van der Waals surface area (Å²) in [6, 6.07) is 3.39. The number of likely N-dealkylation sites (tertiary alicyclic amines) is 1. The number of unbranched alkanes of at least 4 members (excludes halogenated alkanes) is 2. The van der Waals surface area contributed by atoms with Crippen LogP contribution in [0.4, 0.5) is 0 Å². The largest absolute Gasteiger partial charge is 0.477 e. The van der Waals surface area contributed by atoms with E-state index in [0.29, 0.717) is 37.5 Å². The Balaban J connectivity index is 1.73. The van der Waals surface area contributed by atoms with Gasteiger partial charge in [-0.25, -0.2) is 4.79 Å². The van der Waals surface area contributed by atoms with Gasteiger partial charge in [0.15, 0.2) is 0 Å². The zero-order chi connectivity index (χ0) is 18.9. The highest BCUT2D eigenvalue weighted by Gasteiger charge is 2.31. The molecule has 1 fully saturated rings. The number of nitrogens with zero attached hydrogens (tertiary/aromatic N) is 1. The number of rotatable bonds is 12. The van der Waals surface area contributed by atoms with Crippen molar-refractivity contribution >= 4 is 23.2 Å². The van der Waals surface area contributed by atoms with Crippen molar-refractivity contribution in [1.29, 1.82) is 0 Å². The second kappa shape index (κ2) is 10.6. The van der Waals surface area contributed by atoms with E-state index in [1.54, 1.807) is 12.1 Å². The molecule has 0 saturated carbocycles. The molecule has 2 rings (SSSR count). The number of carboxylic acid groups (broad SMARTS) is 1. The van der Waals surface area contributed by atoms with Crippen LogP contribution in [-0.2, 0) is 16.1 Å². The predicted octanol–water partition coefficient (Wildman–Crippen LogP) is 3.29. The number of amides is 1. The summed E-state index contributed by atoms with van der Waals surface area (Å²) in [5, 5.41) is 19.0. The van der Waals surface area contributed by atoms with Crippen LogP contribution < -0.4 is 0 Å². The number of aliphatic hydroxyl groups is 1. The van der Waals surface area contributed by atoms with Gasteiger partial charge in [-0.05, 0) is 31.4 Å². The fourth-order valence-corrected chi connectivity index (χ4v) is 3.99. The summed E-state index contributed by atoms with van der Waals surface area (Å²) in [6.07, 6.45) is 5.64. The lowest BCUT2D eigenvalue weighted by Crippen LogP contribution is -2.38. The highest BCUT2D eigenvalue weighted by Crippen LogP contribution is 2.22. The average molecular weight is 384 g/mol. The average Bonchev–Trinajstić information content (AvgIpc) is 3.21. The maximum absolute atomic E-state index is 12.1. The standard InChI is InChI=1S/C19H29NO5S/c1-2-3-4-5-15(21)10-11-20-14(6-9-18(20)22)12-25-13-16-7-8-17(26-16)19(23)24/h7-8,14-15,21H,2-6,9-13H2,1H3,(H,23,24)/t14-,15-/m1/s1. The highest BCUT2D eigenvalue weighted by atomic mass is 32.1. The van der Waals surface area contributed by atoms with Crippen LogP contribution in [0, 0.1) is 0 Å². The molecule has 0 aromatic carbocycles. The molecule has 1 saturated heterocycles. The fourth-order valence-electron chi connectivity index (χ4n) is 3.20. The van der Waals surface area contributed by atoms with Gasteiger partial charge in [0.25, 0.3) is 0 Å². The molecule has 2 atom stereocenters. The number of carbonyl (C=O) groups excluding carboxylic acids is 1. The van der Waals surface area contributed by atoms with E-state index in [1.807, 2.05) is 4.90 Å². The normalized spacial score (nSPS) is 18.5. The Hall–Kier alpha value is -1.44. The smallest absolute Gasteiger partial charge is 0.345 e. The van der Waals surface area contributed by atoms with Crippen molar-refractivity contribution in [3.05, 3.63) is 21.9 Å². The highest BCUT2D eigenvalue weighted by molar-refractivity contribution is 7.13. The molecule has 0 aliphatic carbocycles. The summed E-state index contributed by atoms with van der Waals surface area (Å²) >= 11 is 1.21. The Bertz CT molecular complexity index is 588. The van der Waals surface area contributed by atoms with E-state index in [4.69, 9.17) is 9.84 Å². The third-order valence-corrected chi connectivity index (χ3v) is 5.77. The first-order chi connectivity index (χ1) is 12.5. The van der Waals surface area contributed by atoms with E-state index < -0.39 is 5.97 Å². The minimum Gasteiger partial charge on any atom is -0.477 e. The summed E-state index contributed by atoms with van der Waals surface area (Å²) in [4.78, 5) is 26.0. The van der Waals surface area contributed by atoms with Gasteiger partial charge in [-0.2, -0.15) is 0 Å². The quantitative estimate of drug-likeness (QED) is 0.541. The molecular formula is C19H29NO5S. The van der Waals surface area contributed by atoms with Crippen molar-refractivity contribution in [2.24, 2.45) is 0 Å². The molecule has 0 unspecified atom stereocenters. The van der Waals surface area contributed by atoms with E-state index in [9.17, 15) is 14.7 Å². The monoisotopic (exact) mass is 383 g/mol. The molecule has 2 heterocycles. The second-order valence-corrected chi connectivity index (χ2v) is 7.97. The van der Waals surface area contributed by atoms with Gasteiger partial charge in [-0.1, -0.05) is 26.2 Å². The minimum absolute atomic E-state index is 0.0456. The zero-order valence-electron chi connectivity index (χ0n) is 15.4. The minimum atomic E-state index is -0.925. The first-order valence-electron chi connectivity index (χ1n) is 9.38. The SMILES string of the molecule is CCCCC[C@@H](O)CCN1C(=O)CC[C@@H]1COCc1ccc(C(=O)O)s1. The summed E-state index contributed by atoms with van der Waals surface area (Å²) < 4.78 is 5.72. The molecule has 1 aromatic heterocycles.